The monoisotopic (exact) mass is 391 g/mol. The Morgan fingerprint density at radius 2 is 1.86 bits per heavy atom. The number of methoxy groups -OCH3 is 2. The summed E-state index contributed by atoms with van der Waals surface area (Å²) < 4.78 is 28.9. The van der Waals surface area contributed by atoms with Crippen molar-refractivity contribution in [1.82, 2.24) is 4.90 Å². The van der Waals surface area contributed by atoms with Gasteiger partial charge in [0.2, 0.25) is 0 Å². The molecular formula is C22H33NO5. The molecular weight excluding hydrogens is 358 g/mol. The maximum Gasteiger partial charge on any atom is 0.182 e. The molecule has 3 fully saturated rings. The van der Waals surface area contributed by atoms with Crippen molar-refractivity contribution in [1.29, 1.82) is 0 Å². The van der Waals surface area contributed by atoms with Gasteiger partial charge >= 0.3 is 0 Å². The van der Waals surface area contributed by atoms with E-state index in [2.05, 4.69) is 11.0 Å². The first-order chi connectivity index (χ1) is 13.7. The Labute approximate surface area is 168 Å². The first-order valence-corrected chi connectivity index (χ1v) is 10.6. The molecule has 1 spiro atoms. The van der Waals surface area contributed by atoms with E-state index < -0.39 is 0 Å². The zero-order chi connectivity index (χ0) is 19.4. The highest BCUT2D eigenvalue weighted by Crippen LogP contribution is 2.35. The van der Waals surface area contributed by atoms with Crippen molar-refractivity contribution >= 4 is 0 Å². The van der Waals surface area contributed by atoms with Gasteiger partial charge < -0.3 is 23.7 Å². The SMILES string of the molecule is COc1ccc(CCO[C@@H]2CCCC[C@H]2N2CCC3(C2)OCCO3)cc1OC. The first kappa shape index (κ1) is 20.0. The molecule has 156 valence electrons. The fourth-order valence-corrected chi connectivity index (χ4v) is 4.85. The molecule has 6 nitrogen and oxygen atoms in total. The van der Waals surface area contributed by atoms with Crippen LogP contribution in [0.5, 0.6) is 11.5 Å². The highest BCUT2D eigenvalue weighted by atomic mass is 16.7. The lowest BCUT2D eigenvalue weighted by Crippen LogP contribution is -2.47. The van der Waals surface area contributed by atoms with E-state index in [4.69, 9.17) is 23.7 Å². The summed E-state index contributed by atoms with van der Waals surface area (Å²) in [5.74, 6) is 1.19. The molecule has 0 radical (unpaired) electrons. The molecule has 0 unspecified atom stereocenters. The minimum absolute atomic E-state index is 0.297. The zero-order valence-electron chi connectivity index (χ0n) is 17.2. The van der Waals surface area contributed by atoms with E-state index in [1.807, 2.05) is 12.1 Å². The Hall–Kier alpha value is -1.34. The quantitative estimate of drug-likeness (QED) is 0.712. The molecule has 6 heteroatoms. The van der Waals surface area contributed by atoms with E-state index in [-0.39, 0.29) is 5.79 Å². The molecule has 1 aromatic carbocycles. The maximum absolute atomic E-state index is 6.40. The lowest BCUT2D eigenvalue weighted by atomic mass is 9.91. The number of ether oxygens (including phenoxy) is 5. The summed E-state index contributed by atoms with van der Waals surface area (Å²) in [6.45, 7) is 4.10. The van der Waals surface area contributed by atoms with Gasteiger partial charge in [0.1, 0.15) is 0 Å². The van der Waals surface area contributed by atoms with E-state index in [9.17, 15) is 0 Å². The Kier molecular flexibility index (Phi) is 6.41. The lowest BCUT2D eigenvalue weighted by Gasteiger charge is -2.38. The molecule has 2 saturated heterocycles. The normalized spacial score (nSPS) is 27.4. The van der Waals surface area contributed by atoms with Gasteiger partial charge in [-0.1, -0.05) is 18.9 Å². The first-order valence-electron chi connectivity index (χ1n) is 10.6. The Morgan fingerprint density at radius 3 is 2.64 bits per heavy atom. The van der Waals surface area contributed by atoms with Crippen LogP contribution in [-0.4, -0.2) is 70.0 Å². The van der Waals surface area contributed by atoms with Crippen LogP contribution in [-0.2, 0) is 20.6 Å². The molecule has 1 aromatic rings. The summed E-state index contributed by atoms with van der Waals surface area (Å²) >= 11 is 0. The third-order valence-electron chi connectivity index (χ3n) is 6.34. The second-order valence-electron chi connectivity index (χ2n) is 8.03. The van der Waals surface area contributed by atoms with Crippen LogP contribution in [0.25, 0.3) is 0 Å². The predicted octanol–water partition coefficient (Wildman–Crippen LogP) is 3.02. The summed E-state index contributed by atoms with van der Waals surface area (Å²) in [7, 11) is 3.33. The van der Waals surface area contributed by atoms with Crippen LogP contribution in [0.3, 0.4) is 0 Å². The van der Waals surface area contributed by atoms with Crippen LogP contribution >= 0.6 is 0 Å². The standard InChI is InChI=1S/C22H33NO5/c1-24-20-8-7-17(15-21(20)25-2)9-12-26-19-6-4-3-5-18(19)23-11-10-22(16-23)27-13-14-28-22/h7-8,15,18-19H,3-6,9-14,16H2,1-2H3/t18-,19-/m1/s1. The third kappa shape index (κ3) is 4.30. The maximum atomic E-state index is 6.40. The van der Waals surface area contributed by atoms with Gasteiger partial charge in [-0.15, -0.1) is 0 Å². The van der Waals surface area contributed by atoms with E-state index in [0.717, 1.165) is 63.7 Å². The van der Waals surface area contributed by atoms with Crippen LogP contribution in [0, 0.1) is 0 Å². The molecule has 2 atom stereocenters. The van der Waals surface area contributed by atoms with Crippen molar-refractivity contribution in [2.45, 2.75) is 56.5 Å². The minimum atomic E-state index is -0.346. The van der Waals surface area contributed by atoms with Crippen molar-refractivity contribution in [3.8, 4) is 11.5 Å². The molecule has 0 N–H and O–H groups in total. The number of hydrogen-bond donors (Lipinski definition) is 0. The van der Waals surface area contributed by atoms with Gasteiger partial charge in [0.05, 0.1) is 46.7 Å². The average molecular weight is 392 g/mol. The molecule has 0 aromatic heterocycles. The summed E-state index contributed by atoms with van der Waals surface area (Å²) in [5.41, 5.74) is 1.21. The molecule has 3 aliphatic rings. The fraction of sp³-hybridized carbons (Fsp3) is 0.727. The number of rotatable bonds is 7. The van der Waals surface area contributed by atoms with Gasteiger partial charge in [-0.2, -0.15) is 0 Å². The van der Waals surface area contributed by atoms with Crippen LogP contribution in [0.15, 0.2) is 18.2 Å². The van der Waals surface area contributed by atoms with Crippen LogP contribution < -0.4 is 9.47 Å². The molecule has 4 rings (SSSR count). The topological polar surface area (TPSA) is 49.4 Å². The molecule has 1 saturated carbocycles. The number of benzene rings is 1. The van der Waals surface area contributed by atoms with E-state index in [1.165, 1.54) is 24.8 Å². The van der Waals surface area contributed by atoms with Crippen molar-refractivity contribution in [3.05, 3.63) is 23.8 Å². The second kappa shape index (κ2) is 8.99. The van der Waals surface area contributed by atoms with Crippen LogP contribution in [0.2, 0.25) is 0 Å². The molecule has 28 heavy (non-hydrogen) atoms. The predicted molar refractivity (Wildman–Crippen MR) is 106 cm³/mol. The van der Waals surface area contributed by atoms with Gasteiger partial charge in [-0.3, -0.25) is 4.90 Å². The summed E-state index contributed by atoms with van der Waals surface area (Å²) in [5, 5.41) is 0. The van der Waals surface area contributed by atoms with Crippen LogP contribution in [0.4, 0.5) is 0 Å². The van der Waals surface area contributed by atoms with Gasteiger partial charge in [-0.05, 0) is 37.0 Å². The third-order valence-corrected chi connectivity index (χ3v) is 6.34. The Morgan fingerprint density at radius 1 is 1.07 bits per heavy atom. The molecule has 2 heterocycles. The highest BCUT2D eigenvalue weighted by Gasteiger charge is 2.46. The number of likely N-dealkylation sites (tertiary alicyclic amines) is 1. The summed E-state index contributed by atoms with van der Waals surface area (Å²) in [6.07, 6.45) is 7.03. The van der Waals surface area contributed by atoms with Crippen molar-refractivity contribution in [3.63, 3.8) is 0 Å². The van der Waals surface area contributed by atoms with Crippen molar-refractivity contribution in [2.24, 2.45) is 0 Å². The minimum Gasteiger partial charge on any atom is -0.493 e. The van der Waals surface area contributed by atoms with E-state index in [0.29, 0.717) is 12.1 Å². The Bertz CT molecular complexity index is 646. The van der Waals surface area contributed by atoms with Gasteiger partial charge in [0, 0.05) is 19.0 Å². The molecule has 0 bridgehead atoms. The second-order valence-corrected chi connectivity index (χ2v) is 8.03. The highest BCUT2D eigenvalue weighted by molar-refractivity contribution is 5.42. The average Bonchev–Trinajstić information content (AvgIpc) is 3.38. The van der Waals surface area contributed by atoms with Gasteiger partial charge in [-0.25, -0.2) is 0 Å². The summed E-state index contributed by atoms with van der Waals surface area (Å²) in [6, 6.07) is 6.57. The largest absolute Gasteiger partial charge is 0.493 e. The smallest absolute Gasteiger partial charge is 0.182 e. The van der Waals surface area contributed by atoms with E-state index in [1.54, 1.807) is 14.2 Å². The molecule has 0 amide bonds. The molecule has 2 aliphatic heterocycles. The van der Waals surface area contributed by atoms with Gasteiger partial charge in [0.25, 0.3) is 0 Å². The Balaban J connectivity index is 1.32. The number of hydrogen-bond acceptors (Lipinski definition) is 6. The fourth-order valence-electron chi connectivity index (χ4n) is 4.85. The van der Waals surface area contributed by atoms with Crippen molar-refractivity contribution in [2.75, 3.05) is 47.1 Å². The van der Waals surface area contributed by atoms with Crippen LogP contribution in [0.1, 0.15) is 37.7 Å². The van der Waals surface area contributed by atoms with E-state index >= 15 is 0 Å². The van der Waals surface area contributed by atoms with Crippen molar-refractivity contribution < 1.29 is 23.7 Å². The lowest BCUT2D eigenvalue weighted by molar-refractivity contribution is -0.149. The van der Waals surface area contributed by atoms with Gasteiger partial charge in [0.15, 0.2) is 17.3 Å². The summed E-state index contributed by atoms with van der Waals surface area (Å²) in [4.78, 5) is 2.55. The number of nitrogens with zero attached hydrogens (tertiary/aromatic N) is 1. The molecule has 1 aliphatic carbocycles. The zero-order valence-corrected chi connectivity index (χ0v) is 17.2.